The molecule has 8 nitrogen and oxygen atoms in total. The van der Waals surface area contributed by atoms with Crippen LogP contribution in [-0.2, 0) is 4.74 Å². The van der Waals surface area contributed by atoms with Crippen molar-refractivity contribution in [3.05, 3.63) is 109 Å². The van der Waals surface area contributed by atoms with Gasteiger partial charge in [0.2, 0.25) is 0 Å². The molecule has 2 aromatic heterocycles. The minimum Gasteiger partial charge on any atom is -0.465 e. The van der Waals surface area contributed by atoms with Crippen LogP contribution in [0.1, 0.15) is 20.7 Å². The highest BCUT2D eigenvalue weighted by molar-refractivity contribution is 6.05. The number of carbonyl (C=O) groups excluding carboxylic acids is 2. The number of ether oxygens (including phenoxy) is 1. The number of fused-ring (bicyclic) bond motifs is 1. The fourth-order valence-electron chi connectivity index (χ4n) is 3.65. The molecule has 2 heterocycles. The molecular formula is C27H21N5O3. The number of rotatable bonds is 6. The van der Waals surface area contributed by atoms with Crippen molar-refractivity contribution in [2.75, 3.05) is 17.7 Å². The van der Waals surface area contributed by atoms with E-state index >= 15 is 0 Å². The lowest BCUT2D eigenvalue weighted by Gasteiger charge is -2.11. The second kappa shape index (κ2) is 9.48. The molecule has 0 radical (unpaired) electrons. The van der Waals surface area contributed by atoms with Crippen molar-refractivity contribution in [3.8, 4) is 11.3 Å². The Labute approximate surface area is 201 Å². The lowest BCUT2D eigenvalue weighted by molar-refractivity contribution is 0.0600. The van der Waals surface area contributed by atoms with E-state index in [1.807, 2.05) is 71.4 Å². The van der Waals surface area contributed by atoms with Gasteiger partial charge in [0.15, 0.2) is 11.5 Å². The Morgan fingerprint density at radius 1 is 0.886 bits per heavy atom. The lowest BCUT2D eigenvalue weighted by atomic mass is 10.1. The first-order valence-electron chi connectivity index (χ1n) is 10.9. The van der Waals surface area contributed by atoms with E-state index in [9.17, 15) is 9.59 Å². The molecule has 0 atom stereocenters. The van der Waals surface area contributed by atoms with E-state index in [0.717, 1.165) is 11.3 Å². The third kappa shape index (κ3) is 4.72. The summed E-state index contributed by atoms with van der Waals surface area (Å²) < 4.78 is 6.60. The molecule has 0 bridgehead atoms. The molecule has 0 unspecified atom stereocenters. The molecule has 0 aliphatic rings. The van der Waals surface area contributed by atoms with Crippen LogP contribution in [-0.4, -0.2) is 33.4 Å². The second-order valence-corrected chi connectivity index (χ2v) is 7.73. The zero-order chi connectivity index (χ0) is 24.2. The molecule has 0 saturated heterocycles. The van der Waals surface area contributed by atoms with Crippen LogP contribution in [0.2, 0.25) is 0 Å². The number of hydrogen-bond acceptors (Lipinski definition) is 6. The Balaban J connectivity index is 1.41. The first-order valence-corrected chi connectivity index (χ1v) is 10.9. The van der Waals surface area contributed by atoms with Crippen molar-refractivity contribution >= 4 is 34.7 Å². The highest BCUT2D eigenvalue weighted by Gasteiger charge is 2.12. The van der Waals surface area contributed by atoms with Gasteiger partial charge in [0.1, 0.15) is 0 Å². The van der Waals surface area contributed by atoms with Crippen molar-refractivity contribution in [1.29, 1.82) is 0 Å². The number of nitrogens with zero attached hydrogens (tertiary/aromatic N) is 3. The van der Waals surface area contributed by atoms with Crippen LogP contribution in [0.25, 0.3) is 16.9 Å². The number of esters is 1. The van der Waals surface area contributed by atoms with Crippen LogP contribution < -0.4 is 10.6 Å². The fourth-order valence-corrected chi connectivity index (χ4v) is 3.65. The number of hydrogen-bond donors (Lipinski definition) is 2. The number of amides is 1. The first-order chi connectivity index (χ1) is 17.1. The van der Waals surface area contributed by atoms with E-state index in [0.29, 0.717) is 34.0 Å². The van der Waals surface area contributed by atoms with Crippen molar-refractivity contribution < 1.29 is 14.3 Å². The molecule has 8 heteroatoms. The number of anilines is 3. The maximum absolute atomic E-state index is 12.7. The molecule has 0 spiro atoms. The third-order valence-corrected chi connectivity index (χ3v) is 5.40. The first kappa shape index (κ1) is 21.8. The van der Waals surface area contributed by atoms with Gasteiger partial charge in [-0.2, -0.15) is 0 Å². The van der Waals surface area contributed by atoms with Gasteiger partial charge in [0.05, 0.1) is 18.4 Å². The van der Waals surface area contributed by atoms with E-state index in [1.165, 1.54) is 7.11 Å². The maximum atomic E-state index is 12.7. The standard InChI is InChI=1S/C27H21N5O3/c1-35-27(34)19-12-10-18(11-13-19)26(33)30-22-9-5-6-20(16-22)23-17-32-15-14-28-25(32)24(31-23)29-21-7-3-2-4-8-21/h2-17H,1H3,(H,29,31)(H,30,33). The summed E-state index contributed by atoms with van der Waals surface area (Å²) in [6, 6.07) is 23.5. The van der Waals surface area contributed by atoms with E-state index in [2.05, 4.69) is 15.6 Å². The number of carbonyl (C=O) groups is 2. The minimum absolute atomic E-state index is 0.289. The van der Waals surface area contributed by atoms with Gasteiger partial charge >= 0.3 is 5.97 Å². The molecule has 5 aromatic rings. The van der Waals surface area contributed by atoms with Crippen LogP contribution in [0, 0.1) is 0 Å². The highest BCUT2D eigenvalue weighted by Crippen LogP contribution is 2.26. The zero-order valence-corrected chi connectivity index (χ0v) is 18.8. The zero-order valence-electron chi connectivity index (χ0n) is 18.8. The fraction of sp³-hybridized carbons (Fsp3) is 0.0370. The SMILES string of the molecule is COC(=O)c1ccc(C(=O)Nc2cccc(-c3cn4ccnc4c(Nc4ccccc4)n3)c2)cc1. The molecule has 172 valence electrons. The summed E-state index contributed by atoms with van der Waals surface area (Å²) in [5.74, 6) is -0.116. The number of methoxy groups -OCH3 is 1. The van der Waals surface area contributed by atoms with Crippen LogP contribution in [0.4, 0.5) is 17.2 Å². The lowest BCUT2D eigenvalue weighted by Crippen LogP contribution is -2.12. The molecule has 1 amide bonds. The van der Waals surface area contributed by atoms with Gasteiger partial charge in [0.25, 0.3) is 5.91 Å². The van der Waals surface area contributed by atoms with Gasteiger partial charge in [-0.3, -0.25) is 4.79 Å². The maximum Gasteiger partial charge on any atom is 0.337 e. The van der Waals surface area contributed by atoms with E-state index < -0.39 is 5.97 Å². The Hall–Kier alpha value is -4.98. The van der Waals surface area contributed by atoms with Crippen molar-refractivity contribution in [1.82, 2.24) is 14.4 Å². The van der Waals surface area contributed by atoms with Gasteiger partial charge in [-0.25, -0.2) is 14.8 Å². The Kier molecular flexibility index (Phi) is 5.92. The Morgan fingerprint density at radius 3 is 2.40 bits per heavy atom. The minimum atomic E-state index is -0.451. The van der Waals surface area contributed by atoms with E-state index in [-0.39, 0.29) is 5.91 Å². The average Bonchev–Trinajstić information content (AvgIpc) is 3.38. The normalized spacial score (nSPS) is 10.7. The van der Waals surface area contributed by atoms with Crippen molar-refractivity contribution in [2.24, 2.45) is 0 Å². The monoisotopic (exact) mass is 463 g/mol. The molecule has 0 aliphatic carbocycles. The Morgan fingerprint density at radius 2 is 1.63 bits per heavy atom. The van der Waals surface area contributed by atoms with Crippen LogP contribution in [0.5, 0.6) is 0 Å². The van der Waals surface area contributed by atoms with Crippen LogP contribution >= 0.6 is 0 Å². The molecule has 5 rings (SSSR count). The molecular weight excluding hydrogens is 442 g/mol. The summed E-state index contributed by atoms with van der Waals surface area (Å²) in [5.41, 5.74) is 4.58. The average molecular weight is 463 g/mol. The summed E-state index contributed by atoms with van der Waals surface area (Å²) in [7, 11) is 1.32. The molecule has 3 aromatic carbocycles. The highest BCUT2D eigenvalue weighted by atomic mass is 16.5. The van der Waals surface area contributed by atoms with Gasteiger partial charge in [-0.1, -0.05) is 30.3 Å². The molecule has 0 saturated carbocycles. The van der Waals surface area contributed by atoms with E-state index in [1.54, 1.807) is 30.5 Å². The second-order valence-electron chi connectivity index (χ2n) is 7.73. The number of imidazole rings is 1. The predicted molar refractivity (Wildman–Crippen MR) is 134 cm³/mol. The summed E-state index contributed by atoms with van der Waals surface area (Å²) in [6.07, 6.45) is 5.48. The van der Waals surface area contributed by atoms with Crippen molar-refractivity contribution in [2.45, 2.75) is 0 Å². The number of para-hydroxylation sites is 1. The molecule has 35 heavy (non-hydrogen) atoms. The van der Waals surface area contributed by atoms with Gasteiger partial charge in [-0.15, -0.1) is 0 Å². The number of benzene rings is 3. The topological polar surface area (TPSA) is 97.6 Å². The summed E-state index contributed by atoms with van der Waals surface area (Å²) in [5, 5.41) is 6.23. The predicted octanol–water partition coefficient (Wildman–Crippen LogP) is 5.18. The molecule has 2 N–H and O–H groups in total. The van der Waals surface area contributed by atoms with Gasteiger partial charge < -0.3 is 19.8 Å². The van der Waals surface area contributed by atoms with Crippen LogP contribution in [0.3, 0.4) is 0 Å². The van der Waals surface area contributed by atoms with Gasteiger partial charge in [0, 0.05) is 41.1 Å². The summed E-state index contributed by atoms with van der Waals surface area (Å²) in [4.78, 5) is 33.6. The van der Waals surface area contributed by atoms with E-state index in [4.69, 9.17) is 9.72 Å². The third-order valence-electron chi connectivity index (χ3n) is 5.40. The largest absolute Gasteiger partial charge is 0.465 e. The summed E-state index contributed by atoms with van der Waals surface area (Å²) >= 11 is 0. The van der Waals surface area contributed by atoms with Crippen molar-refractivity contribution in [3.63, 3.8) is 0 Å². The van der Waals surface area contributed by atoms with Crippen LogP contribution in [0.15, 0.2) is 97.5 Å². The number of nitrogens with one attached hydrogen (secondary N) is 2. The number of aromatic nitrogens is 3. The molecule has 0 aliphatic heterocycles. The Bertz CT molecular complexity index is 1510. The smallest absolute Gasteiger partial charge is 0.337 e. The summed E-state index contributed by atoms with van der Waals surface area (Å²) in [6.45, 7) is 0. The molecule has 0 fully saturated rings. The van der Waals surface area contributed by atoms with Gasteiger partial charge in [-0.05, 0) is 48.5 Å². The quantitative estimate of drug-likeness (QED) is 0.337.